The Bertz CT molecular complexity index is 3990. The summed E-state index contributed by atoms with van der Waals surface area (Å²) in [5, 5.41) is -0.186. The fourth-order valence-electron chi connectivity index (χ4n) is 11.8. The molecule has 2 saturated heterocycles. The highest BCUT2D eigenvalue weighted by molar-refractivity contribution is 7.31. The van der Waals surface area contributed by atoms with Gasteiger partial charge in [-0.3, -0.25) is 19.2 Å². The zero-order chi connectivity index (χ0) is 60.7. The predicted molar refractivity (Wildman–Crippen MR) is 355 cm³/mol. The van der Waals surface area contributed by atoms with Gasteiger partial charge in [-0.25, -0.2) is 9.59 Å². The van der Waals surface area contributed by atoms with Crippen LogP contribution in [-0.4, -0.2) is 73.9 Å². The number of alkyl halides is 8. The van der Waals surface area contributed by atoms with Crippen LogP contribution in [0.15, 0.2) is 117 Å². The smallest absolute Gasteiger partial charge is 0.330 e. The van der Waals surface area contributed by atoms with Crippen molar-refractivity contribution < 1.29 is 38.4 Å². The summed E-state index contributed by atoms with van der Waals surface area (Å²) in [4.78, 5) is 100. The third-order valence-corrected chi connectivity index (χ3v) is 34.6. The van der Waals surface area contributed by atoms with Crippen molar-refractivity contribution in [2.75, 3.05) is 0 Å². The molecule has 8 atom stereocenters. The number of carbonyl (C=O) groups is 6. The number of hydroxylamine groups is 4. The predicted octanol–water partition coefficient (Wildman–Crippen LogP) is 19.5. The third-order valence-electron chi connectivity index (χ3n) is 15.9. The Labute approximate surface area is 580 Å². The first-order chi connectivity index (χ1) is 40.7. The summed E-state index contributed by atoms with van der Waals surface area (Å²) in [5.74, 6) is -10.9. The molecule has 8 unspecified atom stereocenters. The van der Waals surface area contributed by atoms with E-state index in [2.05, 4.69) is 72.8 Å². The number of hydrogen-bond donors (Lipinski definition) is 0. The molecule has 0 N–H and O–H groups in total. The molecular weight excluding hydrogens is 1510 g/mol. The van der Waals surface area contributed by atoms with E-state index in [0.29, 0.717) is 23.0 Å². The van der Waals surface area contributed by atoms with E-state index in [1.165, 1.54) is 29.3 Å². The zero-order valence-corrected chi connectivity index (χ0v) is 57.9. The Kier molecular flexibility index (Phi) is 15.5. The van der Waals surface area contributed by atoms with Gasteiger partial charge in [0.05, 0.1) is 56.6 Å². The van der Waals surface area contributed by atoms with E-state index in [1.54, 1.807) is 90.7 Å². The lowest BCUT2D eigenvalue weighted by Crippen LogP contribution is -2.50. The molecule has 442 valence electrons. The molecule has 4 aliphatic carbocycles. The van der Waals surface area contributed by atoms with Gasteiger partial charge >= 0.3 is 11.9 Å². The minimum atomic E-state index is -2.09. The zero-order valence-electron chi connectivity index (χ0n) is 42.3. The summed E-state index contributed by atoms with van der Waals surface area (Å²) in [5.41, 5.74) is 0. The van der Waals surface area contributed by atoms with E-state index in [1.807, 2.05) is 24.3 Å². The van der Waals surface area contributed by atoms with Gasteiger partial charge in [0, 0.05) is 78.0 Å². The SMILES string of the molecule is O=C(CCc1ccc(-c2ccc(-c3ccc(-c4ccc(-c5ccc(-c6ccc(-c7ccc(-c8ccc(CCC(=O)ON9C(=O)C%10C(C9=O)C9(Cl)C(Cl)=C(Cl)C%10(Cl)C9(Cl)Cl)s8)s7)s6)s5)s4)s3)s2)s1)ON1C(=O)C2C(C1=O)C1(Cl)C(Cl)=C(Cl)C2(Cl)C1(Cl)Cl. The molecule has 10 nitrogen and oxygen atoms in total. The molecule has 14 rings (SSSR count). The van der Waals surface area contributed by atoms with Crippen molar-refractivity contribution >= 4 is 265 Å². The molecule has 0 spiro atoms. The second-order valence-electron chi connectivity index (χ2n) is 20.5. The van der Waals surface area contributed by atoms with Gasteiger partial charge in [0.1, 0.15) is 19.5 Å². The molecule has 8 aromatic heterocycles. The Morgan fingerprint density at radius 2 is 0.523 bits per heavy atom. The highest BCUT2D eigenvalue weighted by atomic mass is 35.5. The number of nitrogens with zero attached hydrogens (tertiary/aromatic N) is 2. The number of carbonyl (C=O) groups excluding carboxylic acids is 6. The van der Waals surface area contributed by atoms with Gasteiger partial charge in [-0.05, 0) is 110 Å². The average molecular weight is 1540 g/mol. The maximum Gasteiger partial charge on any atom is 0.333 e. The lowest BCUT2D eigenvalue weighted by atomic mass is 9.84. The number of hydrogen-bond acceptors (Lipinski definition) is 16. The van der Waals surface area contributed by atoms with Crippen molar-refractivity contribution in [2.45, 2.75) is 53.8 Å². The number of halogens is 12. The third kappa shape index (κ3) is 8.69. The van der Waals surface area contributed by atoms with Gasteiger partial charge in [0.15, 0.2) is 8.67 Å². The molecule has 2 saturated carbocycles. The summed E-state index contributed by atoms with van der Waals surface area (Å²) in [6.07, 6.45) is 0.363. The number of fused-ring (bicyclic) bond motifs is 10. The molecular formula is C56H28Cl12N2O8S8. The summed E-state index contributed by atoms with van der Waals surface area (Å²) in [7, 11) is 0. The minimum absolute atomic E-state index is 0.120. The summed E-state index contributed by atoms with van der Waals surface area (Å²) < 4.78 is -4.18. The largest absolute Gasteiger partial charge is 0.333 e. The molecule has 6 aliphatic rings. The number of allylic oxidation sites excluding steroid dienone is 4. The lowest BCUT2D eigenvalue weighted by Gasteiger charge is -2.34. The van der Waals surface area contributed by atoms with Crippen LogP contribution in [0.2, 0.25) is 0 Å². The van der Waals surface area contributed by atoms with Crippen LogP contribution >= 0.6 is 230 Å². The van der Waals surface area contributed by atoms with E-state index in [9.17, 15) is 28.8 Å². The van der Waals surface area contributed by atoms with E-state index >= 15 is 0 Å². The van der Waals surface area contributed by atoms with Gasteiger partial charge in [0.25, 0.3) is 23.6 Å². The number of aryl methyl sites for hydroxylation is 2. The molecule has 2 aliphatic heterocycles. The quantitative estimate of drug-likeness (QED) is 0.0733. The Morgan fingerprint density at radius 3 is 0.733 bits per heavy atom. The van der Waals surface area contributed by atoms with Crippen LogP contribution in [-0.2, 0) is 51.3 Å². The molecule has 4 bridgehead atoms. The number of rotatable bonds is 15. The van der Waals surface area contributed by atoms with Crippen molar-refractivity contribution in [3.8, 4) is 68.3 Å². The monoisotopic (exact) mass is 1530 g/mol. The number of amides is 4. The fourth-order valence-corrected chi connectivity index (χ4v) is 26.3. The molecule has 4 fully saturated rings. The molecule has 0 radical (unpaired) electrons. The highest BCUT2D eigenvalue weighted by Gasteiger charge is 2.89. The van der Waals surface area contributed by atoms with Gasteiger partial charge < -0.3 is 9.68 Å². The Balaban J connectivity index is 0.561. The van der Waals surface area contributed by atoms with Gasteiger partial charge in [-0.1, -0.05) is 92.8 Å². The Morgan fingerprint density at radius 1 is 0.337 bits per heavy atom. The van der Waals surface area contributed by atoms with E-state index in [4.69, 9.17) is 149 Å². The molecule has 4 amide bonds. The van der Waals surface area contributed by atoms with E-state index in [0.717, 1.165) is 48.8 Å². The van der Waals surface area contributed by atoms with E-state index in [-0.39, 0.29) is 33.0 Å². The average Bonchev–Trinajstić information content (AvgIpc) is 1.48. The second-order valence-corrected chi connectivity index (χ2v) is 35.9. The maximum absolute atomic E-state index is 13.5. The fraction of sp³-hybridized carbons (Fsp3) is 0.250. The topological polar surface area (TPSA) is 127 Å². The first-order valence-electron chi connectivity index (χ1n) is 25.4. The van der Waals surface area contributed by atoms with Crippen LogP contribution < -0.4 is 0 Å². The van der Waals surface area contributed by atoms with Crippen LogP contribution in [0.4, 0.5) is 0 Å². The van der Waals surface area contributed by atoms with Gasteiger partial charge in [-0.15, -0.1) is 147 Å². The molecule has 30 heteroatoms. The van der Waals surface area contributed by atoms with Crippen LogP contribution in [0.3, 0.4) is 0 Å². The standard InChI is InChI=1S/C56H28Cl12N2O8S8/c57-43-44(58)52(62)40-39(51(43,61)55(52,65)66)47(73)69(48(40)74)77-37(71)19-3-21-1-5-23(79-21)25-7-9-27(81-25)29-11-13-31(83-29)33-15-17-35(85-33)36-18-16-34(86-36)32-14-12-30(84-32)28-10-8-26(82-28)24-6-2-22(80-24)4-20-38(72)78-70-49(75)41-42(50(70)76)54(64)46(60)45(59)53(41,63)56(54,67)68/h1-2,5-18,39-42H,3-4,19-20H2. The van der Waals surface area contributed by atoms with Crippen molar-refractivity contribution in [3.05, 3.63) is 127 Å². The molecule has 86 heavy (non-hydrogen) atoms. The summed E-state index contributed by atoms with van der Waals surface area (Å²) in [6.45, 7) is 0. The highest BCUT2D eigenvalue weighted by Crippen LogP contribution is 2.79. The summed E-state index contributed by atoms with van der Waals surface area (Å²) >= 11 is 92.1. The van der Waals surface area contributed by atoms with Crippen LogP contribution in [0, 0.1) is 23.7 Å². The Hall–Kier alpha value is -2.22. The molecule has 8 aromatic rings. The molecule has 10 heterocycles. The van der Waals surface area contributed by atoms with Crippen molar-refractivity contribution in [1.82, 2.24) is 10.1 Å². The lowest BCUT2D eigenvalue weighted by molar-refractivity contribution is -0.199. The number of thiophene rings is 8. The van der Waals surface area contributed by atoms with Crippen molar-refractivity contribution in [2.24, 2.45) is 23.7 Å². The minimum Gasteiger partial charge on any atom is -0.330 e. The van der Waals surface area contributed by atoms with Crippen molar-refractivity contribution in [3.63, 3.8) is 0 Å². The first-order valence-corrected chi connectivity index (χ1v) is 36.4. The maximum atomic E-state index is 13.5. The van der Waals surface area contributed by atoms with Gasteiger partial charge in [-0.2, -0.15) is 0 Å². The normalized spacial score (nSPS) is 27.7. The number of imide groups is 2. The van der Waals surface area contributed by atoms with Crippen LogP contribution in [0.5, 0.6) is 0 Å². The van der Waals surface area contributed by atoms with Crippen LogP contribution in [0.25, 0.3) is 68.3 Å². The van der Waals surface area contributed by atoms with Crippen LogP contribution in [0.1, 0.15) is 22.6 Å². The van der Waals surface area contributed by atoms with E-state index < -0.39 is 87.4 Å². The molecule has 0 aromatic carbocycles. The summed E-state index contributed by atoms with van der Waals surface area (Å²) in [6, 6.07) is 33.6. The first kappa shape index (κ1) is 61.3. The van der Waals surface area contributed by atoms with Gasteiger partial charge in [0.2, 0.25) is 0 Å². The second kappa shape index (κ2) is 21.7. The van der Waals surface area contributed by atoms with Crippen molar-refractivity contribution in [1.29, 1.82) is 0 Å².